The second kappa shape index (κ2) is 6.57. The third-order valence-electron chi connectivity index (χ3n) is 4.24. The van der Waals surface area contributed by atoms with Crippen molar-refractivity contribution in [2.75, 3.05) is 26.7 Å². The Bertz CT molecular complexity index is 736. The molecule has 1 fully saturated rings. The molecule has 3 rings (SSSR count). The Morgan fingerprint density at radius 2 is 2.09 bits per heavy atom. The normalized spacial score (nSPS) is 18.0. The molecule has 0 unspecified atom stereocenters. The van der Waals surface area contributed by atoms with Crippen molar-refractivity contribution >= 4 is 32.8 Å². The molecule has 0 spiro atoms. The van der Waals surface area contributed by atoms with Crippen LogP contribution in [0, 0.1) is 5.92 Å². The van der Waals surface area contributed by atoms with Crippen molar-refractivity contribution in [2.45, 2.75) is 24.2 Å². The van der Waals surface area contributed by atoms with E-state index in [1.807, 2.05) is 7.05 Å². The van der Waals surface area contributed by atoms with Gasteiger partial charge in [0.15, 0.2) is 0 Å². The van der Waals surface area contributed by atoms with Crippen molar-refractivity contribution in [3.8, 4) is 0 Å². The number of hydrogen-bond donors (Lipinski definition) is 1. The van der Waals surface area contributed by atoms with Gasteiger partial charge in [-0.1, -0.05) is 6.07 Å². The van der Waals surface area contributed by atoms with E-state index in [1.165, 1.54) is 0 Å². The van der Waals surface area contributed by atoms with Gasteiger partial charge in [0, 0.05) is 13.1 Å². The molecular weight excluding hydrogens is 320 g/mol. The van der Waals surface area contributed by atoms with E-state index in [0.29, 0.717) is 30.0 Å². The average Bonchev–Trinajstić information content (AvgIpc) is 3.01. The van der Waals surface area contributed by atoms with Gasteiger partial charge in [0.05, 0.1) is 11.7 Å². The Kier molecular flexibility index (Phi) is 4.72. The summed E-state index contributed by atoms with van der Waals surface area (Å²) in [6.07, 6.45) is 2.95. The van der Waals surface area contributed by atoms with Gasteiger partial charge in [-0.15, -0.1) is 0 Å². The maximum Gasteiger partial charge on any atom is 0.245 e. The van der Waals surface area contributed by atoms with E-state index in [2.05, 4.69) is 14.1 Å². The first-order chi connectivity index (χ1) is 10.6. The lowest BCUT2D eigenvalue weighted by Gasteiger charge is -2.31. The molecule has 1 aromatic carbocycles. The van der Waals surface area contributed by atoms with Gasteiger partial charge in [-0.3, -0.25) is 0 Å². The van der Waals surface area contributed by atoms with E-state index in [4.69, 9.17) is 0 Å². The molecular formula is C14H20N4O2S2. The van der Waals surface area contributed by atoms with Crippen LogP contribution < -0.4 is 5.32 Å². The molecule has 8 heteroatoms. The molecule has 0 radical (unpaired) electrons. The lowest BCUT2D eigenvalue weighted by atomic mass is 9.95. The molecule has 1 saturated heterocycles. The molecule has 2 aromatic rings. The second-order valence-corrected chi connectivity index (χ2v) is 8.06. The zero-order chi connectivity index (χ0) is 15.6. The molecule has 1 N–H and O–H groups in total. The Morgan fingerprint density at radius 3 is 2.82 bits per heavy atom. The molecule has 120 valence electrons. The Balaban J connectivity index is 1.78. The molecule has 0 amide bonds. The standard InChI is InChI=1S/C14H20N4O2S2/c1-15-8-5-11-6-9-18(10-7-11)22(19,20)13-4-2-3-12-14(13)17-21-16-12/h2-4,11,15H,5-10H2,1H3. The minimum absolute atomic E-state index is 0.285. The molecule has 0 aliphatic carbocycles. The Morgan fingerprint density at radius 1 is 1.32 bits per heavy atom. The highest BCUT2D eigenvalue weighted by molar-refractivity contribution is 7.89. The van der Waals surface area contributed by atoms with E-state index < -0.39 is 10.0 Å². The topological polar surface area (TPSA) is 75.2 Å². The largest absolute Gasteiger partial charge is 0.320 e. The number of rotatable bonds is 5. The van der Waals surface area contributed by atoms with E-state index >= 15 is 0 Å². The number of piperidine rings is 1. The molecule has 1 aliphatic heterocycles. The lowest BCUT2D eigenvalue weighted by Crippen LogP contribution is -2.39. The van der Waals surface area contributed by atoms with Crippen LogP contribution in [0.15, 0.2) is 23.1 Å². The summed E-state index contributed by atoms with van der Waals surface area (Å²) >= 11 is 1.05. The first kappa shape index (κ1) is 15.8. The van der Waals surface area contributed by atoms with Crippen molar-refractivity contribution in [3.05, 3.63) is 18.2 Å². The number of fused-ring (bicyclic) bond motifs is 1. The molecule has 0 atom stereocenters. The molecule has 22 heavy (non-hydrogen) atoms. The third kappa shape index (κ3) is 3.01. The molecule has 0 saturated carbocycles. The van der Waals surface area contributed by atoms with Crippen LogP contribution in [0.2, 0.25) is 0 Å². The smallest absolute Gasteiger partial charge is 0.245 e. The summed E-state index contributed by atoms with van der Waals surface area (Å²) in [5, 5.41) is 3.15. The van der Waals surface area contributed by atoms with Crippen LogP contribution in [0.3, 0.4) is 0 Å². The van der Waals surface area contributed by atoms with Crippen LogP contribution in [-0.4, -0.2) is 48.2 Å². The van der Waals surface area contributed by atoms with Crippen LogP contribution in [0.1, 0.15) is 19.3 Å². The van der Waals surface area contributed by atoms with Gasteiger partial charge in [-0.05, 0) is 50.9 Å². The SMILES string of the molecule is CNCCC1CCN(S(=O)(=O)c2cccc3nsnc23)CC1. The third-order valence-corrected chi connectivity index (χ3v) is 6.72. The minimum atomic E-state index is -3.48. The summed E-state index contributed by atoms with van der Waals surface area (Å²) < 4.78 is 35.6. The van der Waals surface area contributed by atoms with Gasteiger partial charge in [0.1, 0.15) is 15.9 Å². The fourth-order valence-electron chi connectivity index (χ4n) is 2.92. The van der Waals surface area contributed by atoms with Crippen LogP contribution in [0.4, 0.5) is 0 Å². The summed E-state index contributed by atoms with van der Waals surface area (Å²) in [4.78, 5) is 0.285. The summed E-state index contributed by atoms with van der Waals surface area (Å²) in [6.45, 7) is 2.16. The molecule has 6 nitrogen and oxygen atoms in total. The summed E-state index contributed by atoms with van der Waals surface area (Å²) in [5.74, 6) is 0.607. The van der Waals surface area contributed by atoms with Crippen LogP contribution in [-0.2, 0) is 10.0 Å². The summed E-state index contributed by atoms with van der Waals surface area (Å²) in [5.41, 5.74) is 1.14. The Hall–Kier alpha value is -1.09. The van der Waals surface area contributed by atoms with Gasteiger partial charge in [-0.25, -0.2) is 8.42 Å². The van der Waals surface area contributed by atoms with E-state index in [0.717, 1.165) is 37.5 Å². The maximum atomic E-state index is 12.9. The Labute approximate surface area is 134 Å². The number of nitrogens with one attached hydrogen (secondary N) is 1. The molecule has 1 aliphatic rings. The molecule has 0 bridgehead atoms. The second-order valence-electron chi connectivity index (χ2n) is 5.63. The van der Waals surface area contributed by atoms with Crippen molar-refractivity contribution in [2.24, 2.45) is 5.92 Å². The fraction of sp³-hybridized carbons (Fsp3) is 0.571. The van der Waals surface area contributed by atoms with Gasteiger partial charge in [0.25, 0.3) is 0 Å². The fourth-order valence-corrected chi connectivity index (χ4v) is 5.14. The van der Waals surface area contributed by atoms with E-state index in [-0.39, 0.29) is 4.90 Å². The summed E-state index contributed by atoms with van der Waals surface area (Å²) in [6, 6.07) is 5.16. The lowest BCUT2D eigenvalue weighted by molar-refractivity contribution is 0.263. The highest BCUT2D eigenvalue weighted by Gasteiger charge is 2.31. The minimum Gasteiger partial charge on any atom is -0.320 e. The first-order valence-corrected chi connectivity index (χ1v) is 9.66. The number of benzene rings is 1. The van der Waals surface area contributed by atoms with Gasteiger partial charge >= 0.3 is 0 Å². The van der Waals surface area contributed by atoms with Crippen LogP contribution >= 0.6 is 11.7 Å². The zero-order valence-corrected chi connectivity index (χ0v) is 14.2. The van der Waals surface area contributed by atoms with Crippen LogP contribution in [0.5, 0.6) is 0 Å². The predicted molar refractivity (Wildman–Crippen MR) is 87.4 cm³/mol. The quantitative estimate of drug-likeness (QED) is 0.897. The monoisotopic (exact) mass is 340 g/mol. The van der Waals surface area contributed by atoms with Gasteiger partial charge in [-0.2, -0.15) is 13.1 Å². The highest BCUT2D eigenvalue weighted by Crippen LogP contribution is 2.28. The molecule has 1 aromatic heterocycles. The zero-order valence-electron chi connectivity index (χ0n) is 12.5. The van der Waals surface area contributed by atoms with Gasteiger partial charge in [0.2, 0.25) is 10.0 Å². The number of sulfonamides is 1. The predicted octanol–water partition coefficient (Wildman–Crippen LogP) is 1.70. The van der Waals surface area contributed by atoms with Crippen molar-refractivity contribution in [3.63, 3.8) is 0 Å². The average molecular weight is 340 g/mol. The number of nitrogens with zero attached hydrogens (tertiary/aromatic N) is 3. The van der Waals surface area contributed by atoms with E-state index in [9.17, 15) is 8.42 Å². The molecule has 2 heterocycles. The van der Waals surface area contributed by atoms with Crippen molar-refractivity contribution in [1.82, 2.24) is 18.4 Å². The maximum absolute atomic E-state index is 12.9. The van der Waals surface area contributed by atoms with Gasteiger partial charge < -0.3 is 5.32 Å². The number of hydrogen-bond acceptors (Lipinski definition) is 6. The first-order valence-electron chi connectivity index (χ1n) is 7.49. The summed E-state index contributed by atoms with van der Waals surface area (Å²) in [7, 11) is -1.53. The van der Waals surface area contributed by atoms with Crippen molar-refractivity contribution < 1.29 is 8.42 Å². The van der Waals surface area contributed by atoms with Crippen molar-refractivity contribution in [1.29, 1.82) is 0 Å². The highest BCUT2D eigenvalue weighted by atomic mass is 32.2. The van der Waals surface area contributed by atoms with Crippen LogP contribution in [0.25, 0.3) is 11.0 Å². The number of aromatic nitrogens is 2. The van der Waals surface area contributed by atoms with E-state index in [1.54, 1.807) is 22.5 Å².